The van der Waals surface area contributed by atoms with E-state index < -0.39 is 0 Å². The molecule has 2 aliphatic rings. The van der Waals surface area contributed by atoms with Crippen LogP contribution < -0.4 is 14.8 Å². The van der Waals surface area contributed by atoms with Gasteiger partial charge in [-0.2, -0.15) is 0 Å². The van der Waals surface area contributed by atoms with Crippen LogP contribution in [0.4, 0.5) is 0 Å². The summed E-state index contributed by atoms with van der Waals surface area (Å²) < 4.78 is 11.6. The molecule has 1 aromatic rings. The van der Waals surface area contributed by atoms with Crippen molar-refractivity contribution < 1.29 is 14.6 Å². The van der Waals surface area contributed by atoms with Crippen molar-refractivity contribution in [3.63, 3.8) is 0 Å². The third-order valence-corrected chi connectivity index (χ3v) is 5.03. The van der Waals surface area contributed by atoms with Crippen LogP contribution in [0, 0.1) is 0 Å². The minimum absolute atomic E-state index is 0.258. The summed E-state index contributed by atoms with van der Waals surface area (Å²) >= 11 is 0. The minimum Gasteiger partial charge on any atom is -0.493 e. The van der Waals surface area contributed by atoms with Crippen LogP contribution in [0.3, 0.4) is 0 Å². The van der Waals surface area contributed by atoms with E-state index in [2.05, 4.69) is 17.1 Å². The normalized spacial score (nSPS) is 21.3. The number of aliphatic imine (C=N–C) groups is 1. The maximum absolute atomic E-state index is 9.78. The summed E-state index contributed by atoms with van der Waals surface area (Å²) in [5.74, 6) is 2.45. The van der Waals surface area contributed by atoms with Gasteiger partial charge in [0, 0.05) is 19.6 Å². The van der Waals surface area contributed by atoms with Gasteiger partial charge in [-0.15, -0.1) is 0 Å². The van der Waals surface area contributed by atoms with E-state index in [1.807, 2.05) is 18.2 Å². The molecule has 1 aliphatic heterocycles. The van der Waals surface area contributed by atoms with E-state index in [0.29, 0.717) is 19.2 Å². The number of rotatable bonds is 6. The van der Waals surface area contributed by atoms with Gasteiger partial charge >= 0.3 is 0 Å². The number of aliphatic hydroxyl groups excluding tert-OH is 1. The molecule has 0 unspecified atom stereocenters. The maximum atomic E-state index is 9.78. The molecule has 0 radical (unpaired) electrons. The highest BCUT2D eigenvalue weighted by molar-refractivity contribution is 5.80. The van der Waals surface area contributed by atoms with Gasteiger partial charge in [-0.05, 0) is 56.7 Å². The first-order valence-electron chi connectivity index (χ1n) is 9.74. The Morgan fingerprint density at radius 1 is 1.27 bits per heavy atom. The number of hydrogen-bond acceptors (Lipinski definition) is 4. The number of methoxy groups -OCH3 is 1. The quantitative estimate of drug-likeness (QED) is 0.602. The molecule has 0 amide bonds. The fourth-order valence-electron chi connectivity index (χ4n) is 3.62. The molecule has 2 N–H and O–H groups in total. The number of β-amino-alcohol motifs (C(OH)–C–C–N with tert-alkyl or cyclic N) is 1. The van der Waals surface area contributed by atoms with Crippen molar-refractivity contribution in [2.75, 3.05) is 26.7 Å². The van der Waals surface area contributed by atoms with Crippen LogP contribution in [0.15, 0.2) is 23.2 Å². The first-order valence-corrected chi connectivity index (χ1v) is 9.74. The van der Waals surface area contributed by atoms with Gasteiger partial charge in [-0.3, -0.25) is 0 Å². The number of hydrogen-bond donors (Lipinski definition) is 2. The Hall–Kier alpha value is -1.95. The number of benzene rings is 1. The number of nitrogens with zero attached hydrogens (tertiary/aromatic N) is 2. The van der Waals surface area contributed by atoms with Crippen LogP contribution in [-0.2, 0) is 6.54 Å². The van der Waals surface area contributed by atoms with E-state index in [-0.39, 0.29) is 6.10 Å². The Bertz CT molecular complexity index is 614. The smallest absolute Gasteiger partial charge is 0.194 e. The average molecular weight is 361 g/mol. The predicted molar refractivity (Wildman–Crippen MR) is 103 cm³/mol. The second-order valence-electron chi connectivity index (χ2n) is 7.07. The second-order valence-corrected chi connectivity index (χ2v) is 7.07. The molecule has 1 aromatic carbocycles. The molecule has 1 saturated heterocycles. The molecule has 1 saturated carbocycles. The van der Waals surface area contributed by atoms with Gasteiger partial charge in [0.2, 0.25) is 0 Å². The third-order valence-electron chi connectivity index (χ3n) is 5.03. The van der Waals surface area contributed by atoms with E-state index >= 15 is 0 Å². The molecule has 1 atom stereocenters. The van der Waals surface area contributed by atoms with Crippen molar-refractivity contribution in [2.45, 2.75) is 57.8 Å². The summed E-state index contributed by atoms with van der Waals surface area (Å²) in [6.07, 6.45) is 5.56. The number of likely N-dealkylation sites (tertiary alicyclic amines) is 1. The van der Waals surface area contributed by atoms with Gasteiger partial charge in [0.15, 0.2) is 17.5 Å². The van der Waals surface area contributed by atoms with Crippen molar-refractivity contribution in [3.8, 4) is 11.5 Å². The van der Waals surface area contributed by atoms with E-state index in [1.54, 1.807) is 7.11 Å². The van der Waals surface area contributed by atoms with Gasteiger partial charge in [0.25, 0.3) is 0 Å². The summed E-state index contributed by atoms with van der Waals surface area (Å²) in [6.45, 7) is 4.92. The van der Waals surface area contributed by atoms with E-state index in [0.717, 1.165) is 55.4 Å². The lowest BCUT2D eigenvalue weighted by Crippen LogP contribution is -2.40. The summed E-state index contributed by atoms with van der Waals surface area (Å²) in [5.41, 5.74) is 1.09. The summed E-state index contributed by atoms with van der Waals surface area (Å²) in [4.78, 5) is 6.87. The second kappa shape index (κ2) is 9.12. The van der Waals surface area contributed by atoms with Crippen LogP contribution in [0.25, 0.3) is 0 Å². The first-order chi connectivity index (χ1) is 12.7. The molecular weight excluding hydrogens is 330 g/mol. The molecule has 0 bridgehead atoms. The van der Waals surface area contributed by atoms with Crippen molar-refractivity contribution in [2.24, 2.45) is 4.99 Å². The molecule has 26 heavy (non-hydrogen) atoms. The van der Waals surface area contributed by atoms with Gasteiger partial charge in [0.1, 0.15) is 0 Å². The third kappa shape index (κ3) is 4.81. The standard InChI is InChI=1S/C20H31N3O3/c1-3-21-20(23-11-10-16(24)14-23)22-13-15-8-9-18(25-2)19(12-15)26-17-6-4-5-7-17/h8-9,12,16-17,24H,3-7,10-11,13-14H2,1-2H3,(H,21,22)/t16-/m1/s1. The Balaban J connectivity index is 1.70. The molecule has 144 valence electrons. The lowest BCUT2D eigenvalue weighted by molar-refractivity contribution is 0.188. The van der Waals surface area contributed by atoms with Crippen LogP contribution in [0.2, 0.25) is 0 Å². The number of nitrogens with one attached hydrogen (secondary N) is 1. The van der Waals surface area contributed by atoms with Crippen LogP contribution in [0.5, 0.6) is 11.5 Å². The minimum atomic E-state index is -0.258. The van der Waals surface area contributed by atoms with Crippen LogP contribution >= 0.6 is 0 Å². The predicted octanol–water partition coefficient (Wildman–Crippen LogP) is 2.55. The van der Waals surface area contributed by atoms with Gasteiger partial charge in [-0.1, -0.05) is 6.07 Å². The van der Waals surface area contributed by atoms with Crippen molar-refractivity contribution >= 4 is 5.96 Å². The molecule has 1 aliphatic carbocycles. The Morgan fingerprint density at radius 2 is 2.08 bits per heavy atom. The maximum Gasteiger partial charge on any atom is 0.194 e. The lowest BCUT2D eigenvalue weighted by atomic mass is 10.2. The highest BCUT2D eigenvalue weighted by Crippen LogP contribution is 2.32. The van der Waals surface area contributed by atoms with Crippen molar-refractivity contribution in [1.82, 2.24) is 10.2 Å². The van der Waals surface area contributed by atoms with E-state index in [4.69, 9.17) is 14.5 Å². The number of guanidine groups is 1. The highest BCUT2D eigenvalue weighted by Gasteiger charge is 2.23. The summed E-state index contributed by atoms with van der Waals surface area (Å²) in [5, 5.41) is 13.1. The molecule has 1 heterocycles. The van der Waals surface area contributed by atoms with Crippen molar-refractivity contribution in [3.05, 3.63) is 23.8 Å². The summed E-state index contributed by atoms with van der Waals surface area (Å²) in [6, 6.07) is 6.04. The SMILES string of the molecule is CCNC(=NCc1ccc(OC)c(OC2CCCC2)c1)N1CC[C@@H](O)C1. The molecule has 3 rings (SSSR count). The topological polar surface area (TPSA) is 66.3 Å². The zero-order valence-corrected chi connectivity index (χ0v) is 15.9. The van der Waals surface area contributed by atoms with Gasteiger partial charge in [-0.25, -0.2) is 4.99 Å². The first kappa shape index (κ1) is 18.8. The fraction of sp³-hybridized carbons (Fsp3) is 0.650. The van der Waals surface area contributed by atoms with Gasteiger partial charge in [0.05, 0.1) is 25.9 Å². The van der Waals surface area contributed by atoms with Crippen LogP contribution in [-0.4, -0.2) is 54.9 Å². The Labute approximate surface area is 156 Å². The lowest BCUT2D eigenvalue weighted by Gasteiger charge is -2.21. The molecule has 0 spiro atoms. The van der Waals surface area contributed by atoms with Crippen LogP contribution in [0.1, 0.15) is 44.6 Å². The zero-order valence-electron chi connectivity index (χ0n) is 15.9. The Kier molecular flexibility index (Phi) is 6.61. The molecular formula is C20H31N3O3. The molecule has 6 heteroatoms. The largest absolute Gasteiger partial charge is 0.493 e. The fourth-order valence-corrected chi connectivity index (χ4v) is 3.62. The van der Waals surface area contributed by atoms with Crippen molar-refractivity contribution in [1.29, 1.82) is 0 Å². The Morgan fingerprint density at radius 3 is 2.73 bits per heavy atom. The van der Waals surface area contributed by atoms with Gasteiger partial charge < -0.3 is 24.8 Å². The number of aliphatic hydroxyl groups is 1. The molecule has 6 nitrogen and oxygen atoms in total. The summed E-state index contributed by atoms with van der Waals surface area (Å²) in [7, 11) is 1.68. The zero-order chi connectivity index (χ0) is 18.4. The van der Waals surface area contributed by atoms with E-state index in [9.17, 15) is 5.11 Å². The average Bonchev–Trinajstić information content (AvgIpc) is 3.30. The molecule has 2 fully saturated rings. The highest BCUT2D eigenvalue weighted by atomic mass is 16.5. The number of ether oxygens (including phenoxy) is 2. The van der Waals surface area contributed by atoms with E-state index in [1.165, 1.54) is 12.8 Å². The monoisotopic (exact) mass is 361 g/mol. The molecule has 0 aromatic heterocycles.